The summed E-state index contributed by atoms with van der Waals surface area (Å²) in [5, 5.41) is 3.35. The van der Waals surface area contributed by atoms with E-state index < -0.39 is 5.54 Å². The second kappa shape index (κ2) is 7.10. The first-order valence-corrected chi connectivity index (χ1v) is 7.18. The molecule has 1 rings (SSSR count). The third-order valence-corrected chi connectivity index (χ3v) is 3.48. The molecule has 0 spiro atoms. The largest absolute Gasteiger partial charge is 0.379 e. The predicted molar refractivity (Wildman–Crippen MR) is 73.3 cm³/mol. The van der Waals surface area contributed by atoms with Gasteiger partial charge in [0.15, 0.2) is 0 Å². The van der Waals surface area contributed by atoms with Gasteiger partial charge in [-0.2, -0.15) is 0 Å². The summed E-state index contributed by atoms with van der Waals surface area (Å²) in [4.78, 5) is 11.8. The Morgan fingerprint density at radius 1 is 1.44 bits per heavy atom. The highest BCUT2D eigenvalue weighted by Gasteiger charge is 2.50. The molecule has 1 atom stereocenters. The molecule has 4 nitrogen and oxygen atoms in total. The predicted octanol–water partition coefficient (Wildman–Crippen LogP) is 1.83. The number of carbonyl (C=O) groups excluding carboxylic acids is 1. The maximum Gasteiger partial charge on any atom is 0.240 e. The van der Waals surface area contributed by atoms with E-state index in [2.05, 4.69) is 12.2 Å². The first kappa shape index (κ1) is 15.4. The molecule has 3 N–H and O–H groups in total. The lowest BCUT2D eigenvalue weighted by molar-refractivity contribution is -0.128. The van der Waals surface area contributed by atoms with Crippen LogP contribution in [0.2, 0.25) is 0 Å². The highest BCUT2D eigenvalue weighted by atomic mass is 16.5. The van der Waals surface area contributed by atoms with Crippen molar-refractivity contribution in [2.75, 3.05) is 13.2 Å². The Hall–Kier alpha value is -0.610. The molecule has 0 saturated heterocycles. The standard InChI is InChI=1S/C14H28N2O2/c1-4-5-6-9-18-10-14(13(15)17,12-7-8-12)16-11(2)3/h11-12,16H,4-10H2,1-3H3,(H2,15,17). The molecule has 1 aliphatic rings. The number of hydrogen-bond donors (Lipinski definition) is 2. The summed E-state index contributed by atoms with van der Waals surface area (Å²) < 4.78 is 5.70. The molecule has 18 heavy (non-hydrogen) atoms. The lowest BCUT2D eigenvalue weighted by Crippen LogP contribution is -2.62. The van der Waals surface area contributed by atoms with E-state index in [9.17, 15) is 4.79 Å². The highest BCUT2D eigenvalue weighted by Crippen LogP contribution is 2.40. The van der Waals surface area contributed by atoms with E-state index in [4.69, 9.17) is 10.5 Å². The Labute approximate surface area is 111 Å². The third-order valence-electron chi connectivity index (χ3n) is 3.48. The smallest absolute Gasteiger partial charge is 0.240 e. The molecule has 1 amide bonds. The molecule has 0 aromatic rings. The van der Waals surface area contributed by atoms with Crippen LogP contribution in [0.25, 0.3) is 0 Å². The number of nitrogens with one attached hydrogen (secondary N) is 1. The molecule has 1 unspecified atom stereocenters. The minimum atomic E-state index is -0.652. The first-order chi connectivity index (χ1) is 8.53. The lowest BCUT2D eigenvalue weighted by Gasteiger charge is -2.33. The molecule has 4 heteroatoms. The summed E-state index contributed by atoms with van der Waals surface area (Å²) in [7, 11) is 0. The Morgan fingerprint density at radius 2 is 2.11 bits per heavy atom. The minimum absolute atomic E-state index is 0.234. The van der Waals surface area contributed by atoms with Gasteiger partial charge in [0.1, 0.15) is 5.54 Å². The molecule has 0 aromatic carbocycles. The van der Waals surface area contributed by atoms with E-state index in [1.165, 1.54) is 12.8 Å². The van der Waals surface area contributed by atoms with Gasteiger partial charge in [0.2, 0.25) is 5.91 Å². The second-order valence-corrected chi connectivity index (χ2v) is 5.67. The number of hydrogen-bond acceptors (Lipinski definition) is 3. The van der Waals surface area contributed by atoms with Crippen LogP contribution in [0.5, 0.6) is 0 Å². The Balaban J connectivity index is 2.50. The van der Waals surface area contributed by atoms with Crippen molar-refractivity contribution in [3.63, 3.8) is 0 Å². The molecule has 0 heterocycles. The van der Waals surface area contributed by atoms with Crippen LogP contribution >= 0.6 is 0 Å². The van der Waals surface area contributed by atoms with Gasteiger partial charge in [-0.05, 0) is 39.0 Å². The zero-order chi connectivity index (χ0) is 13.6. The van der Waals surface area contributed by atoms with Crippen molar-refractivity contribution in [2.45, 2.75) is 64.5 Å². The van der Waals surface area contributed by atoms with Crippen LogP contribution < -0.4 is 11.1 Å². The number of rotatable bonds is 10. The zero-order valence-corrected chi connectivity index (χ0v) is 12.0. The highest BCUT2D eigenvalue weighted by molar-refractivity contribution is 5.85. The molecular formula is C14H28N2O2. The third kappa shape index (κ3) is 4.25. The van der Waals surface area contributed by atoms with Crippen molar-refractivity contribution in [1.82, 2.24) is 5.32 Å². The van der Waals surface area contributed by atoms with Crippen molar-refractivity contribution in [2.24, 2.45) is 11.7 Å². The van der Waals surface area contributed by atoms with E-state index in [0.29, 0.717) is 12.5 Å². The van der Waals surface area contributed by atoms with Gasteiger partial charge in [-0.25, -0.2) is 0 Å². The fourth-order valence-corrected chi connectivity index (χ4v) is 2.40. The van der Waals surface area contributed by atoms with Crippen LogP contribution in [-0.2, 0) is 9.53 Å². The average Bonchev–Trinajstić information content (AvgIpc) is 3.10. The summed E-state index contributed by atoms with van der Waals surface area (Å²) in [5.41, 5.74) is 4.97. The van der Waals surface area contributed by atoms with Gasteiger partial charge >= 0.3 is 0 Å². The van der Waals surface area contributed by atoms with Gasteiger partial charge in [-0.3, -0.25) is 10.1 Å². The fraction of sp³-hybridized carbons (Fsp3) is 0.929. The van der Waals surface area contributed by atoms with E-state index in [-0.39, 0.29) is 11.9 Å². The monoisotopic (exact) mass is 256 g/mol. The first-order valence-electron chi connectivity index (χ1n) is 7.18. The molecule has 1 saturated carbocycles. The summed E-state index contributed by atoms with van der Waals surface area (Å²) in [6.45, 7) is 7.37. The number of ether oxygens (including phenoxy) is 1. The van der Waals surface area contributed by atoms with Gasteiger partial charge in [0.25, 0.3) is 0 Å². The van der Waals surface area contributed by atoms with Crippen LogP contribution in [0.4, 0.5) is 0 Å². The van der Waals surface area contributed by atoms with Gasteiger partial charge in [0, 0.05) is 12.6 Å². The second-order valence-electron chi connectivity index (χ2n) is 5.67. The van der Waals surface area contributed by atoms with Crippen LogP contribution in [-0.4, -0.2) is 30.7 Å². The van der Waals surface area contributed by atoms with Crippen LogP contribution in [0.1, 0.15) is 52.9 Å². The van der Waals surface area contributed by atoms with Crippen molar-refractivity contribution < 1.29 is 9.53 Å². The molecule has 0 aromatic heterocycles. The number of unbranched alkanes of at least 4 members (excludes halogenated alkanes) is 2. The maximum absolute atomic E-state index is 11.8. The number of primary amides is 1. The zero-order valence-electron chi connectivity index (χ0n) is 12.0. The molecule has 106 valence electrons. The van der Waals surface area contributed by atoms with Crippen molar-refractivity contribution in [1.29, 1.82) is 0 Å². The molecule has 0 radical (unpaired) electrons. The Morgan fingerprint density at radius 3 is 2.56 bits per heavy atom. The van der Waals surface area contributed by atoms with E-state index >= 15 is 0 Å². The lowest BCUT2D eigenvalue weighted by atomic mass is 9.92. The normalized spacial score (nSPS) is 18.9. The molecular weight excluding hydrogens is 228 g/mol. The topological polar surface area (TPSA) is 64.3 Å². The summed E-state index contributed by atoms with van der Waals surface area (Å²) in [6.07, 6.45) is 5.54. The SMILES string of the molecule is CCCCCOCC(NC(C)C)(C(N)=O)C1CC1. The van der Waals surface area contributed by atoms with E-state index in [0.717, 1.165) is 25.9 Å². The molecule has 0 bridgehead atoms. The van der Waals surface area contributed by atoms with Crippen molar-refractivity contribution >= 4 is 5.91 Å². The van der Waals surface area contributed by atoms with Crippen LogP contribution in [0, 0.1) is 5.92 Å². The number of nitrogens with two attached hydrogens (primary N) is 1. The maximum atomic E-state index is 11.8. The Bertz CT molecular complexity index is 265. The molecule has 1 fully saturated rings. The van der Waals surface area contributed by atoms with Crippen molar-refractivity contribution in [3.05, 3.63) is 0 Å². The van der Waals surface area contributed by atoms with Crippen LogP contribution in [0.15, 0.2) is 0 Å². The summed E-state index contributed by atoms with van der Waals surface area (Å²) in [6, 6.07) is 0.234. The summed E-state index contributed by atoms with van der Waals surface area (Å²) >= 11 is 0. The quantitative estimate of drug-likeness (QED) is 0.586. The number of carbonyl (C=O) groups is 1. The molecule has 0 aliphatic heterocycles. The van der Waals surface area contributed by atoms with Gasteiger partial charge in [-0.15, -0.1) is 0 Å². The van der Waals surface area contributed by atoms with E-state index in [1.807, 2.05) is 13.8 Å². The number of amides is 1. The fourth-order valence-electron chi connectivity index (χ4n) is 2.40. The van der Waals surface area contributed by atoms with E-state index in [1.54, 1.807) is 0 Å². The average molecular weight is 256 g/mol. The van der Waals surface area contributed by atoms with Crippen LogP contribution in [0.3, 0.4) is 0 Å². The van der Waals surface area contributed by atoms with Crippen molar-refractivity contribution in [3.8, 4) is 0 Å². The van der Waals surface area contributed by atoms with Gasteiger partial charge < -0.3 is 10.5 Å². The summed E-state index contributed by atoms with van der Waals surface area (Å²) in [5.74, 6) is 0.0813. The Kier molecular flexibility index (Phi) is 6.09. The van der Waals surface area contributed by atoms with Gasteiger partial charge in [-0.1, -0.05) is 19.8 Å². The minimum Gasteiger partial charge on any atom is -0.379 e. The molecule has 1 aliphatic carbocycles. The van der Waals surface area contributed by atoms with Gasteiger partial charge in [0.05, 0.1) is 6.61 Å².